The zero-order valence-electron chi connectivity index (χ0n) is 14.5. The Labute approximate surface area is 136 Å². The number of hydrogen-bond donors (Lipinski definition) is 0. The molecule has 0 unspecified atom stereocenters. The average molecular weight is 377 g/mol. The van der Waals surface area contributed by atoms with Crippen LogP contribution < -0.4 is 5.30 Å². The molecule has 0 aromatic heterocycles. The standard InChI is InChI=1S/C18H29P.Ru/c1-16(2,3)12-10-13(17(4,5)6)15(19)14(11-12)18(7,8)9;/h10-11H,1-9H3;/q;+1. The second-order valence-corrected chi connectivity index (χ2v) is 10.5. The molecule has 0 bridgehead atoms. The Morgan fingerprint density at radius 1 is 0.700 bits per heavy atom. The van der Waals surface area contributed by atoms with Gasteiger partial charge in [-0.05, 0) is 0 Å². The average Bonchev–Trinajstić information content (AvgIpc) is 2.23. The van der Waals surface area contributed by atoms with Crippen LogP contribution >= 0.6 is 6.46 Å². The van der Waals surface area contributed by atoms with Gasteiger partial charge in [0.15, 0.2) is 0 Å². The van der Waals surface area contributed by atoms with Gasteiger partial charge in [0.25, 0.3) is 0 Å². The van der Waals surface area contributed by atoms with Gasteiger partial charge in [-0.25, -0.2) is 0 Å². The van der Waals surface area contributed by atoms with Crippen LogP contribution in [0.4, 0.5) is 0 Å². The molecule has 0 aliphatic heterocycles. The summed E-state index contributed by atoms with van der Waals surface area (Å²) in [5.74, 6) is 0. The third-order valence-electron chi connectivity index (χ3n) is 3.67. The summed E-state index contributed by atoms with van der Waals surface area (Å²) < 4.78 is 0. The molecule has 0 N–H and O–H groups in total. The molecule has 1 rings (SSSR count). The van der Waals surface area contributed by atoms with Crippen LogP contribution in [-0.4, -0.2) is 0 Å². The molecule has 0 fully saturated rings. The summed E-state index contributed by atoms with van der Waals surface area (Å²) in [6, 6.07) is 4.87. The third kappa shape index (κ3) is 4.08. The summed E-state index contributed by atoms with van der Waals surface area (Å²) in [5.41, 5.74) is 5.00. The molecule has 0 nitrogen and oxygen atoms in total. The Bertz CT molecular complexity index is 473. The van der Waals surface area contributed by atoms with E-state index in [0.717, 1.165) is 0 Å². The van der Waals surface area contributed by atoms with Gasteiger partial charge in [0.05, 0.1) is 0 Å². The topological polar surface area (TPSA) is 0 Å². The van der Waals surface area contributed by atoms with Crippen LogP contribution in [0.15, 0.2) is 12.1 Å². The van der Waals surface area contributed by atoms with Gasteiger partial charge in [-0.1, -0.05) is 0 Å². The van der Waals surface area contributed by atoms with Crippen LogP contribution in [0.2, 0.25) is 0 Å². The second kappa shape index (κ2) is 5.74. The van der Waals surface area contributed by atoms with E-state index in [2.05, 4.69) is 91.8 Å². The number of rotatable bonds is 1. The number of hydrogen-bond acceptors (Lipinski definition) is 0. The molecule has 0 radical (unpaired) electrons. The van der Waals surface area contributed by atoms with E-state index in [1.54, 1.807) is 0 Å². The van der Waals surface area contributed by atoms with Crippen LogP contribution in [0.25, 0.3) is 0 Å². The first-order valence-electron chi connectivity index (χ1n) is 7.29. The molecule has 1 aromatic rings. The molecule has 1 aromatic carbocycles. The Morgan fingerprint density at radius 3 is 1.25 bits per heavy atom. The van der Waals surface area contributed by atoms with E-state index >= 15 is 0 Å². The van der Waals surface area contributed by atoms with Crippen molar-refractivity contribution in [2.45, 2.75) is 78.6 Å². The van der Waals surface area contributed by atoms with Gasteiger partial charge >= 0.3 is 136 Å². The van der Waals surface area contributed by atoms with E-state index < -0.39 is 0 Å². The molecule has 0 heterocycles. The van der Waals surface area contributed by atoms with E-state index in [1.807, 2.05) is 0 Å². The summed E-state index contributed by atoms with van der Waals surface area (Å²) in [6.45, 7) is 22.2. The fraction of sp³-hybridized carbons (Fsp3) is 0.667. The molecule has 2 heteroatoms. The van der Waals surface area contributed by atoms with Crippen molar-refractivity contribution in [2.24, 2.45) is 0 Å². The summed E-state index contributed by atoms with van der Waals surface area (Å²) in [5, 5.41) is 1.49. The van der Waals surface area contributed by atoms with E-state index in [4.69, 9.17) is 0 Å². The van der Waals surface area contributed by atoms with Gasteiger partial charge in [-0.15, -0.1) is 0 Å². The van der Waals surface area contributed by atoms with Crippen LogP contribution in [-0.2, 0) is 33.6 Å². The van der Waals surface area contributed by atoms with Crippen molar-refractivity contribution in [3.05, 3.63) is 28.8 Å². The quantitative estimate of drug-likeness (QED) is 0.441. The van der Waals surface area contributed by atoms with Crippen molar-refractivity contribution < 1.29 is 17.3 Å². The van der Waals surface area contributed by atoms with Crippen LogP contribution in [0.1, 0.15) is 79.0 Å². The molecule has 0 spiro atoms. The molecule has 0 saturated heterocycles. The second-order valence-electron chi connectivity index (χ2n) is 8.75. The van der Waals surface area contributed by atoms with Crippen LogP contribution in [0.3, 0.4) is 0 Å². The molecular weight excluding hydrogens is 348 g/mol. The SMILES string of the molecule is CC(C)(C)c1cc(C(C)(C)C)c([P]=[Ru+])c(C(C)(C)C)c1. The summed E-state index contributed by atoms with van der Waals surface area (Å²) in [4.78, 5) is 0. The van der Waals surface area contributed by atoms with Gasteiger partial charge in [0.2, 0.25) is 0 Å². The van der Waals surface area contributed by atoms with Crippen molar-refractivity contribution in [2.75, 3.05) is 0 Å². The maximum atomic E-state index is 2.79. The first-order chi connectivity index (χ1) is 8.78. The van der Waals surface area contributed by atoms with Gasteiger partial charge in [0, 0.05) is 0 Å². The Kier molecular flexibility index (Phi) is 5.22. The molecule has 0 amide bonds. The monoisotopic (exact) mass is 378 g/mol. The predicted octanol–water partition coefficient (Wildman–Crippen LogP) is 5.61. The minimum atomic E-state index is 0.183. The van der Waals surface area contributed by atoms with E-state index in [9.17, 15) is 0 Å². The maximum absolute atomic E-state index is 2.79. The summed E-state index contributed by atoms with van der Waals surface area (Å²) in [6.07, 6.45) is 0. The van der Waals surface area contributed by atoms with Crippen LogP contribution in [0, 0.1) is 0 Å². The van der Waals surface area contributed by atoms with E-state index in [0.29, 0.717) is 0 Å². The van der Waals surface area contributed by atoms with E-state index in [-0.39, 0.29) is 16.2 Å². The fourth-order valence-electron chi connectivity index (χ4n) is 2.30. The summed E-state index contributed by atoms with van der Waals surface area (Å²) in [7, 11) is 0. The Hall–Kier alpha value is 0.143. The molecule has 20 heavy (non-hydrogen) atoms. The fourth-order valence-corrected chi connectivity index (χ4v) is 4.52. The van der Waals surface area contributed by atoms with Gasteiger partial charge in [-0.3, -0.25) is 0 Å². The van der Waals surface area contributed by atoms with Crippen molar-refractivity contribution in [1.29, 1.82) is 0 Å². The van der Waals surface area contributed by atoms with Gasteiger partial charge < -0.3 is 0 Å². The molecule has 0 aliphatic carbocycles. The summed E-state index contributed by atoms with van der Waals surface area (Å²) >= 11 is 2.79. The third-order valence-corrected chi connectivity index (χ3v) is 5.48. The van der Waals surface area contributed by atoms with Crippen molar-refractivity contribution in [1.82, 2.24) is 0 Å². The first kappa shape index (κ1) is 18.2. The molecule has 113 valence electrons. The Balaban J connectivity index is 3.80. The molecule has 0 atom stereocenters. The molecule has 0 aliphatic rings. The zero-order chi connectivity index (χ0) is 15.9. The van der Waals surface area contributed by atoms with Gasteiger partial charge in [0.1, 0.15) is 0 Å². The van der Waals surface area contributed by atoms with Crippen LogP contribution in [0.5, 0.6) is 0 Å². The van der Waals surface area contributed by atoms with Gasteiger partial charge in [-0.2, -0.15) is 0 Å². The van der Waals surface area contributed by atoms with Crippen molar-refractivity contribution >= 4 is 11.8 Å². The molecular formula is C18H29PRu+. The Morgan fingerprint density at radius 2 is 1.05 bits per heavy atom. The zero-order valence-corrected chi connectivity index (χ0v) is 17.1. The normalized spacial score (nSPS) is 13.8. The number of benzene rings is 1. The predicted molar refractivity (Wildman–Crippen MR) is 89.1 cm³/mol. The molecule has 0 saturated carbocycles. The van der Waals surface area contributed by atoms with Crippen molar-refractivity contribution in [3.8, 4) is 0 Å². The van der Waals surface area contributed by atoms with Crippen molar-refractivity contribution in [3.63, 3.8) is 0 Å². The minimum absolute atomic E-state index is 0.183. The van der Waals surface area contributed by atoms with E-state index in [1.165, 1.54) is 28.5 Å². The first-order valence-corrected chi connectivity index (χ1v) is 10.4.